The minimum atomic E-state index is -0.326. The summed E-state index contributed by atoms with van der Waals surface area (Å²) in [7, 11) is 0. The molecule has 0 aromatic heterocycles. The van der Waals surface area contributed by atoms with Crippen LogP contribution >= 0.6 is 0 Å². The van der Waals surface area contributed by atoms with Gasteiger partial charge in [0.15, 0.2) is 5.79 Å². The van der Waals surface area contributed by atoms with Gasteiger partial charge in [0.25, 0.3) is 0 Å². The molecule has 4 nitrogen and oxygen atoms in total. The second kappa shape index (κ2) is 5.30. The monoisotopic (exact) mass is 281 g/mol. The number of carbonyl (C=O) groups is 1. The Hall–Kier alpha value is -0.610. The van der Waals surface area contributed by atoms with Crippen LogP contribution in [0, 0.1) is 11.3 Å². The van der Waals surface area contributed by atoms with Gasteiger partial charge in [-0.05, 0) is 31.1 Å². The molecule has 1 heterocycles. The van der Waals surface area contributed by atoms with E-state index in [-0.39, 0.29) is 23.0 Å². The summed E-state index contributed by atoms with van der Waals surface area (Å²) < 4.78 is 11.5. The molecule has 1 saturated heterocycles. The van der Waals surface area contributed by atoms with Gasteiger partial charge in [-0.2, -0.15) is 0 Å². The highest BCUT2D eigenvalue weighted by Gasteiger charge is 2.43. The lowest BCUT2D eigenvalue weighted by Crippen LogP contribution is -2.46. The maximum Gasteiger partial charge on any atom is 0.223 e. The Morgan fingerprint density at radius 3 is 2.25 bits per heavy atom. The van der Waals surface area contributed by atoms with Crippen molar-refractivity contribution in [1.82, 2.24) is 5.32 Å². The molecule has 20 heavy (non-hydrogen) atoms. The molecule has 3 aliphatic rings. The Balaban J connectivity index is 1.51. The van der Waals surface area contributed by atoms with Crippen molar-refractivity contribution in [3.05, 3.63) is 0 Å². The SMILES string of the molecule is CC1(C)CCCC1C(=O)NC1CCC2(CC1)OCCO2. The smallest absolute Gasteiger partial charge is 0.223 e. The molecule has 0 bridgehead atoms. The van der Waals surface area contributed by atoms with E-state index in [0.717, 1.165) is 32.1 Å². The average molecular weight is 281 g/mol. The Morgan fingerprint density at radius 1 is 1.05 bits per heavy atom. The van der Waals surface area contributed by atoms with Crippen LogP contribution in [0.15, 0.2) is 0 Å². The first-order chi connectivity index (χ1) is 9.51. The Kier molecular flexibility index (Phi) is 3.80. The molecule has 0 aromatic rings. The van der Waals surface area contributed by atoms with Crippen LogP contribution in [0.3, 0.4) is 0 Å². The fraction of sp³-hybridized carbons (Fsp3) is 0.938. The van der Waals surface area contributed by atoms with Crippen LogP contribution in [0.1, 0.15) is 58.8 Å². The van der Waals surface area contributed by atoms with Crippen LogP contribution in [-0.4, -0.2) is 30.9 Å². The van der Waals surface area contributed by atoms with E-state index in [1.807, 2.05) is 0 Å². The molecule has 4 heteroatoms. The minimum Gasteiger partial charge on any atom is -0.353 e. The number of rotatable bonds is 2. The third kappa shape index (κ3) is 2.73. The molecular weight excluding hydrogens is 254 g/mol. The number of ether oxygens (including phenoxy) is 2. The van der Waals surface area contributed by atoms with Crippen LogP contribution < -0.4 is 5.32 Å². The molecule has 0 radical (unpaired) electrons. The first kappa shape index (κ1) is 14.3. The second-order valence-electron chi connectivity index (χ2n) is 7.32. The summed E-state index contributed by atoms with van der Waals surface area (Å²) in [4.78, 5) is 12.5. The second-order valence-corrected chi connectivity index (χ2v) is 7.32. The molecule has 114 valence electrons. The van der Waals surface area contributed by atoms with Gasteiger partial charge >= 0.3 is 0 Å². The van der Waals surface area contributed by atoms with E-state index in [1.54, 1.807) is 0 Å². The first-order valence-corrected chi connectivity index (χ1v) is 8.09. The van der Waals surface area contributed by atoms with E-state index in [4.69, 9.17) is 9.47 Å². The summed E-state index contributed by atoms with van der Waals surface area (Å²) >= 11 is 0. The lowest BCUT2D eigenvalue weighted by atomic mass is 9.81. The molecular formula is C16H27NO3. The normalized spacial score (nSPS) is 32.6. The van der Waals surface area contributed by atoms with Crippen LogP contribution in [-0.2, 0) is 14.3 Å². The van der Waals surface area contributed by atoms with Gasteiger partial charge in [-0.3, -0.25) is 4.79 Å². The van der Waals surface area contributed by atoms with E-state index in [1.165, 1.54) is 12.8 Å². The topological polar surface area (TPSA) is 47.6 Å². The zero-order valence-corrected chi connectivity index (χ0v) is 12.7. The maximum atomic E-state index is 12.5. The van der Waals surface area contributed by atoms with E-state index >= 15 is 0 Å². The molecule has 2 saturated carbocycles. The van der Waals surface area contributed by atoms with Crippen molar-refractivity contribution < 1.29 is 14.3 Å². The number of amides is 1. The third-order valence-corrected chi connectivity index (χ3v) is 5.48. The fourth-order valence-corrected chi connectivity index (χ4v) is 4.10. The number of hydrogen-bond donors (Lipinski definition) is 1. The van der Waals surface area contributed by atoms with Crippen molar-refractivity contribution in [2.24, 2.45) is 11.3 Å². The van der Waals surface area contributed by atoms with Crippen molar-refractivity contribution in [3.8, 4) is 0 Å². The summed E-state index contributed by atoms with van der Waals surface area (Å²) in [5.74, 6) is 0.132. The highest BCUT2D eigenvalue weighted by atomic mass is 16.7. The van der Waals surface area contributed by atoms with Crippen molar-refractivity contribution in [2.75, 3.05) is 13.2 Å². The van der Waals surface area contributed by atoms with E-state index in [9.17, 15) is 4.79 Å². The van der Waals surface area contributed by atoms with Crippen molar-refractivity contribution >= 4 is 5.91 Å². The van der Waals surface area contributed by atoms with Crippen LogP contribution in [0.25, 0.3) is 0 Å². The van der Waals surface area contributed by atoms with Crippen LogP contribution in [0.4, 0.5) is 0 Å². The summed E-state index contributed by atoms with van der Waals surface area (Å²) in [5.41, 5.74) is 0.164. The van der Waals surface area contributed by atoms with Crippen molar-refractivity contribution in [1.29, 1.82) is 0 Å². The number of nitrogens with one attached hydrogen (secondary N) is 1. The maximum absolute atomic E-state index is 12.5. The molecule has 0 aromatic carbocycles. The molecule has 1 atom stereocenters. The Morgan fingerprint density at radius 2 is 1.70 bits per heavy atom. The van der Waals surface area contributed by atoms with E-state index in [0.29, 0.717) is 19.3 Å². The average Bonchev–Trinajstić information content (AvgIpc) is 2.99. The molecule has 1 amide bonds. The molecule has 1 N–H and O–H groups in total. The van der Waals surface area contributed by atoms with Gasteiger partial charge in [-0.25, -0.2) is 0 Å². The molecule has 1 aliphatic heterocycles. The van der Waals surface area contributed by atoms with Gasteiger partial charge in [-0.15, -0.1) is 0 Å². The number of carbonyl (C=O) groups excluding carboxylic acids is 1. The third-order valence-electron chi connectivity index (χ3n) is 5.48. The molecule has 2 aliphatic carbocycles. The zero-order chi connectivity index (χ0) is 14.2. The Bertz CT molecular complexity index is 364. The van der Waals surface area contributed by atoms with E-state index < -0.39 is 0 Å². The minimum absolute atomic E-state index is 0.164. The van der Waals surface area contributed by atoms with Crippen molar-refractivity contribution in [2.45, 2.75) is 70.6 Å². The fourth-order valence-electron chi connectivity index (χ4n) is 4.10. The van der Waals surface area contributed by atoms with Gasteiger partial charge in [0, 0.05) is 24.8 Å². The zero-order valence-electron chi connectivity index (χ0n) is 12.7. The van der Waals surface area contributed by atoms with Crippen LogP contribution in [0.2, 0.25) is 0 Å². The van der Waals surface area contributed by atoms with Crippen molar-refractivity contribution in [3.63, 3.8) is 0 Å². The lowest BCUT2D eigenvalue weighted by Gasteiger charge is -2.36. The highest BCUT2D eigenvalue weighted by molar-refractivity contribution is 5.80. The standard InChI is InChI=1S/C16H27NO3/c1-15(2)7-3-4-13(15)14(18)17-12-5-8-16(9-6-12)19-10-11-20-16/h12-13H,3-11H2,1-2H3,(H,17,18). The Labute approximate surface area is 121 Å². The summed E-state index contributed by atoms with van der Waals surface area (Å²) in [6, 6.07) is 0.303. The lowest BCUT2D eigenvalue weighted by molar-refractivity contribution is -0.180. The molecule has 1 unspecified atom stereocenters. The van der Waals surface area contributed by atoms with Gasteiger partial charge in [-0.1, -0.05) is 20.3 Å². The summed E-state index contributed by atoms with van der Waals surface area (Å²) in [6.07, 6.45) is 7.15. The van der Waals surface area contributed by atoms with Gasteiger partial charge in [0.2, 0.25) is 5.91 Å². The van der Waals surface area contributed by atoms with Crippen LogP contribution in [0.5, 0.6) is 0 Å². The van der Waals surface area contributed by atoms with Gasteiger partial charge in [0.05, 0.1) is 13.2 Å². The predicted octanol–water partition coefficient (Wildman–Crippen LogP) is 2.61. The first-order valence-electron chi connectivity index (χ1n) is 8.09. The van der Waals surface area contributed by atoms with Gasteiger partial charge in [0.1, 0.15) is 0 Å². The number of hydrogen-bond acceptors (Lipinski definition) is 3. The summed E-state index contributed by atoms with van der Waals surface area (Å²) in [6.45, 7) is 5.88. The molecule has 3 rings (SSSR count). The van der Waals surface area contributed by atoms with Gasteiger partial charge < -0.3 is 14.8 Å². The molecule has 3 fully saturated rings. The quantitative estimate of drug-likeness (QED) is 0.846. The largest absolute Gasteiger partial charge is 0.353 e. The molecule has 1 spiro atoms. The highest BCUT2D eigenvalue weighted by Crippen LogP contribution is 2.43. The summed E-state index contributed by atoms with van der Waals surface area (Å²) in [5, 5.41) is 3.27. The van der Waals surface area contributed by atoms with E-state index in [2.05, 4.69) is 19.2 Å². The predicted molar refractivity (Wildman–Crippen MR) is 76.2 cm³/mol.